The second-order valence-corrected chi connectivity index (χ2v) is 9.21. The Kier molecular flexibility index (Phi) is 5.84. The van der Waals surface area contributed by atoms with Crippen LogP contribution >= 0.6 is 0 Å². The summed E-state index contributed by atoms with van der Waals surface area (Å²) in [7, 11) is 0. The minimum absolute atomic E-state index is 0.159. The van der Waals surface area contributed by atoms with Crippen molar-refractivity contribution >= 4 is 17.0 Å². The van der Waals surface area contributed by atoms with Gasteiger partial charge in [0.1, 0.15) is 17.7 Å². The van der Waals surface area contributed by atoms with Crippen molar-refractivity contribution in [2.24, 2.45) is 5.92 Å². The monoisotopic (exact) mass is 490 g/mol. The van der Waals surface area contributed by atoms with Gasteiger partial charge in [-0.25, -0.2) is 14.4 Å². The van der Waals surface area contributed by atoms with Crippen molar-refractivity contribution in [1.82, 2.24) is 34.4 Å². The SMILES string of the molecule is CCOc1nc(N)c2nc(-c3cncc(F)c3)n(Cc3ccc(O[C@@H]4CN5CCC4CC5)nc3)c2n1. The van der Waals surface area contributed by atoms with Crippen LogP contribution in [0.1, 0.15) is 25.3 Å². The molecule has 1 atom stereocenters. The lowest BCUT2D eigenvalue weighted by Gasteiger charge is -2.44. The number of imidazole rings is 1. The van der Waals surface area contributed by atoms with Crippen LogP contribution in [-0.4, -0.2) is 66.7 Å². The molecule has 0 unspecified atom stereocenters. The molecule has 4 aromatic rings. The minimum Gasteiger partial charge on any atom is -0.473 e. The number of anilines is 1. The molecule has 0 spiro atoms. The molecule has 0 amide bonds. The maximum Gasteiger partial charge on any atom is 0.320 e. The first kappa shape index (κ1) is 22.6. The molecule has 0 aromatic carbocycles. The number of piperidine rings is 3. The number of nitrogen functional groups attached to an aromatic ring is 1. The van der Waals surface area contributed by atoms with Crippen LogP contribution in [0.25, 0.3) is 22.6 Å². The average Bonchev–Trinajstić information content (AvgIpc) is 3.25. The predicted octanol–water partition coefficient (Wildman–Crippen LogP) is 2.92. The second kappa shape index (κ2) is 9.30. The van der Waals surface area contributed by atoms with Crippen LogP contribution in [-0.2, 0) is 6.54 Å². The first-order valence-corrected chi connectivity index (χ1v) is 12.2. The average molecular weight is 491 g/mol. The maximum atomic E-state index is 14.0. The number of ether oxygens (including phenoxy) is 2. The lowest BCUT2D eigenvalue weighted by Crippen LogP contribution is -2.52. The zero-order valence-electron chi connectivity index (χ0n) is 20.0. The predicted molar refractivity (Wildman–Crippen MR) is 131 cm³/mol. The Bertz CT molecular complexity index is 1390. The van der Waals surface area contributed by atoms with E-state index in [-0.39, 0.29) is 17.9 Å². The maximum absolute atomic E-state index is 14.0. The summed E-state index contributed by atoms with van der Waals surface area (Å²) in [5.74, 6) is 1.41. The number of nitrogens with two attached hydrogens (primary N) is 1. The van der Waals surface area contributed by atoms with Gasteiger partial charge in [0.25, 0.3) is 0 Å². The molecule has 3 saturated heterocycles. The van der Waals surface area contributed by atoms with Crippen LogP contribution in [0.15, 0.2) is 36.8 Å². The lowest BCUT2D eigenvalue weighted by atomic mass is 9.86. The van der Waals surface area contributed by atoms with Crippen LogP contribution < -0.4 is 15.2 Å². The summed E-state index contributed by atoms with van der Waals surface area (Å²) in [4.78, 5) is 24.4. The van der Waals surface area contributed by atoms with Gasteiger partial charge in [-0.1, -0.05) is 6.07 Å². The van der Waals surface area contributed by atoms with E-state index in [9.17, 15) is 4.39 Å². The standard InChI is InChI=1S/C25H27FN8O2/c1-2-35-25-31-22(27)21-24(32-25)34(23(30-21)17-9-18(26)12-28-11-17)13-15-3-4-20(29-10-15)36-19-14-33-7-5-16(19)6-8-33/h3-4,9-12,16,19H,2,5-8,13-14H2,1H3,(H2,27,31,32)/t19-/m1/s1. The number of rotatable bonds is 7. The van der Waals surface area contributed by atoms with E-state index in [4.69, 9.17) is 15.2 Å². The van der Waals surface area contributed by atoms with Gasteiger partial charge in [-0.2, -0.15) is 9.97 Å². The number of halogens is 1. The van der Waals surface area contributed by atoms with Gasteiger partial charge in [0.15, 0.2) is 17.0 Å². The van der Waals surface area contributed by atoms with Gasteiger partial charge < -0.3 is 19.8 Å². The first-order valence-electron chi connectivity index (χ1n) is 12.2. The van der Waals surface area contributed by atoms with E-state index in [1.165, 1.54) is 18.9 Å². The summed E-state index contributed by atoms with van der Waals surface area (Å²) >= 11 is 0. The highest BCUT2D eigenvalue weighted by atomic mass is 19.1. The third-order valence-electron chi connectivity index (χ3n) is 6.84. The van der Waals surface area contributed by atoms with Crippen molar-refractivity contribution in [3.05, 3.63) is 48.2 Å². The number of hydrogen-bond acceptors (Lipinski definition) is 9. The van der Waals surface area contributed by atoms with Crippen molar-refractivity contribution in [3.8, 4) is 23.3 Å². The molecule has 3 aliphatic rings. The Balaban J connectivity index is 1.33. The Morgan fingerprint density at radius 3 is 2.67 bits per heavy atom. The molecule has 3 aliphatic heterocycles. The molecule has 7 rings (SSSR count). The molecular formula is C25H27FN8O2. The molecule has 11 heteroatoms. The van der Waals surface area contributed by atoms with E-state index in [0.717, 1.165) is 31.4 Å². The third-order valence-corrected chi connectivity index (χ3v) is 6.84. The van der Waals surface area contributed by atoms with Gasteiger partial charge in [0.2, 0.25) is 5.88 Å². The van der Waals surface area contributed by atoms with E-state index >= 15 is 0 Å². The highest BCUT2D eigenvalue weighted by molar-refractivity contribution is 5.85. The molecule has 2 bridgehead atoms. The smallest absolute Gasteiger partial charge is 0.320 e. The zero-order chi connectivity index (χ0) is 24.6. The Morgan fingerprint density at radius 2 is 1.97 bits per heavy atom. The quantitative estimate of drug-likeness (QED) is 0.417. The van der Waals surface area contributed by atoms with Crippen LogP contribution in [0, 0.1) is 11.7 Å². The first-order chi connectivity index (χ1) is 17.6. The van der Waals surface area contributed by atoms with Crippen LogP contribution in [0.3, 0.4) is 0 Å². The molecule has 0 saturated carbocycles. The molecule has 0 radical (unpaired) electrons. The van der Waals surface area contributed by atoms with E-state index in [0.29, 0.717) is 47.5 Å². The fraction of sp³-hybridized carbons (Fsp3) is 0.400. The Hall–Kier alpha value is -3.86. The summed E-state index contributed by atoms with van der Waals surface area (Å²) in [6, 6.07) is 5.40. The molecule has 2 N–H and O–H groups in total. The number of fused-ring (bicyclic) bond motifs is 4. The van der Waals surface area contributed by atoms with E-state index in [1.54, 1.807) is 12.4 Å². The number of pyridine rings is 2. The summed E-state index contributed by atoms with van der Waals surface area (Å²) in [5.41, 5.74) is 8.47. The summed E-state index contributed by atoms with van der Waals surface area (Å²) in [6.07, 6.45) is 7.04. The molecule has 4 aromatic heterocycles. The summed E-state index contributed by atoms with van der Waals surface area (Å²) < 4.78 is 27.6. The number of hydrogen-bond donors (Lipinski definition) is 1. The molecule has 0 aliphatic carbocycles. The minimum atomic E-state index is -0.462. The van der Waals surface area contributed by atoms with Gasteiger partial charge in [-0.05, 0) is 50.4 Å². The third kappa shape index (κ3) is 4.30. The Labute approximate surface area is 207 Å². The fourth-order valence-electron chi connectivity index (χ4n) is 5.06. The van der Waals surface area contributed by atoms with Gasteiger partial charge in [-0.3, -0.25) is 9.88 Å². The normalized spacial score (nSPS) is 21.1. The van der Waals surface area contributed by atoms with Crippen molar-refractivity contribution in [2.75, 3.05) is 32.0 Å². The largest absolute Gasteiger partial charge is 0.473 e. The van der Waals surface area contributed by atoms with Crippen LogP contribution in [0.4, 0.5) is 10.2 Å². The molecular weight excluding hydrogens is 463 g/mol. The number of aromatic nitrogens is 6. The lowest BCUT2D eigenvalue weighted by molar-refractivity contribution is -0.00994. The van der Waals surface area contributed by atoms with E-state index in [1.807, 2.05) is 23.6 Å². The topological polar surface area (TPSA) is 117 Å². The van der Waals surface area contributed by atoms with Gasteiger partial charge in [0, 0.05) is 30.6 Å². The molecule has 186 valence electrons. The Morgan fingerprint density at radius 1 is 1.11 bits per heavy atom. The number of nitrogens with zero attached hydrogens (tertiary/aromatic N) is 7. The molecule has 7 heterocycles. The van der Waals surface area contributed by atoms with Gasteiger partial charge in [-0.15, -0.1) is 0 Å². The highest BCUT2D eigenvalue weighted by Crippen LogP contribution is 2.31. The van der Waals surface area contributed by atoms with Crippen LogP contribution in [0.2, 0.25) is 0 Å². The molecule has 36 heavy (non-hydrogen) atoms. The molecule has 10 nitrogen and oxygen atoms in total. The van der Waals surface area contributed by atoms with Crippen molar-refractivity contribution in [3.63, 3.8) is 0 Å². The van der Waals surface area contributed by atoms with E-state index < -0.39 is 5.82 Å². The van der Waals surface area contributed by atoms with Crippen molar-refractivity contribution < 1.29 is 13.9 Å². The van der Waals surface area contributed by atoms with Gasteiger partial charge in [0.05, 0.1) is 19.3 Å². The fourth-order valence-corrected chi connectivity index (χ4v) is 5.06. The highest BCUT2D eigenvalue weighted by Gasteiger charge is 2.35. The second-order valence-electron chi connectivity index (χ2n) is 9.21. The van der Waals surface area contributed by atoms with Crippen molar-refractivity contribution in [2.45, 2.75) is 32.4 Å². The molecule has 3 fully saturated rings. The van der Waals surface area contributed by atoms with Gasteiger partial charge >= 0.3 is 6.01 Å². The summed E-state index contributed by atoms with van der Waals surface area (Å²) in [6.45, 7) is 5.90. The van der Waals surface area contributed by atoms with E-state index in [2.05, 4.69) is 29.8 Å². The zero-order valence-corrected chi connectivity index (χ0v) is 20.0. The summed E-state index contributed by atoms with van der Waals surface area (Å²) in [5, 5.41) is 0. The van der Waals surface area contributed by atoms with Crippen LogP contribution in [0.5, 0.6) is 11.9 Å². The van der Waals surface area contributed by atoms with Crippen molar-refractivity contribution in [1.29, 1.82) is 0 Å².